The Morgan fingerprint density at radius 2 is 1.39 bits per heavy atom. The number of alkyl halides is 6. The van der Waals surface area contributed by atoms with Crippen LogP contribution in [0.3, 0.4) is 0 Å². The first-order valence-electron chi connectivity index (χ1n) is 6.15. The summed E-state index contributed by atoms with van der Waals surface area (Å²) in [6, 6.07) is -0.351. The highest BCUT2D eigenvalue weighted by Crippen LogP contribution is 2.40. The zero-order chi connectivity index (χ0) is 22.5. The fourth-order valence-electron chi connectivity index (χ4n) is 1.88. The fraction of sp³-hybridized carbons (Fsp3) is 0.273. The maximum atomic E-state index is 13.0. The van der Waals surface area contributed by atoms with Crippen LogP contribution in [0.1, 0.15) is 10.4 Å². The Morgan fingerprint density at radius 1 is 0.929 bits per heavy atom. The van der Waals surface area contributed by atoms with E-state index in [-0.39, 0.29) is 18.4 Å². The SMILES string of the molecule is CS(=O)(=O)c1c(C(=O)C(F)(F)F)ccc(S(=O)(=O)C#N)c1S(=O)(=O)C(F)(F)F. The number of nitriles is 1. The molecule has 0 amide bonds. The molecular formula is C11H5F6NO7S3. The van der Waals surface area contributed by atoms with Gasteiger partial charge in [-0.25, -0.2) is 25.3 Å². The van der Waals surface area contributed by atoms with Gasteiger partial charge in [0.15, 0.2) is 15.2 Å². The number of hydrogen-bond donors (Lipinski definition) is 0. The smallest absolute Gasteiger partial charge is 0.284 e. The quantitative estimate of drug-likeness (QED) is 0.276. The lowest BCUT2D eigenvalue weighted by molar-refractivity contribution is -0.0887. The molecule has 0 N–H and O–H groups in total. The van der Waals surface area contributed by atoms with Crippen molar-refractivity contribution in [3.05, 3.63) is 17.7 Å². The molecule has 0 fully saturated rings. The summed E-state index contributed by atoms with van der Waals surface area (Å²) in [6.45, 7) is 0. The summed E-state index contributed by atoms with van der Waals surface area (Å²) in [5.41, 5.74) is -8.44. The molecule has 0 heterocycles. The summed E-state index contributed by atoms with van der Waals surface area (Å²) in [6.07, 6.45) is -5.90. The van der Waals surface area contributed by atoms with Crippen LogP contribution in [0, 0.1) is 10.7 Å². The number of benzene rings is 1. The molecular weight excluding hydrogens is 468 g/mol. The number of rotatable bonds is 4. The normalized spacial score (nSPS) is 13.8. The molecule has 1 aromatic rings. The van der Waals surface area contributed by atoms with E-state index in [4.69, 9.17) is 5.26 Å². The Labute approximate surface area is 153 Å². The topological polar surface area (TPSA) is 143 Å². The van der Waals surface area contributed by atoms with E-state index in [2.05, 4.69) is 0 Å². The second-order valence-electron chi connectivity index (χ2n) is 4.91. The lowest BCUT2D eigenvalue weighted by Gasteiger charge is -2.17. The van der Waals surface area contributed by atoms with E-state index >= 15 is 0 Å². The van der Waals surface area contributed by atoms with Crippen LogP contribution in [-0.2, 0) is 29.5 Å². The molecule has 0 spiro atoms. The van der Waals surface area contributed by atoms with Crippen molar-refractivity contribution >= 4 is 35.3 Å². The molecule has 0 aliphatic carbocycles. The second kappa shape index (κ2) is 6.70. The number of carbonyl (C=O) groups is 1. The summed E-state index contributed by atoms with van der Waals surface area (Å²) in [4.78, 5) is 4.35. The zero-order valence-electron chi connectivity index (χ0n) is 13.0. The Hall–Kier alpha value is -2.19. The van der Waals surface area contributed by atoms with Crippen molar-refractivity contribution in [3.8, 4) is 5.40 Å². The summed E-state index contributed by atoms with van der Waals surface area (Å²) in [7, 11) is -17.9. The van der Waals surface area contributed by atoms with Gasteiger partial charge < -0.3 is 0 Å². The third-order valence-corrected chi connectivity index (χ3v) is 7.09. The standard InChI is InChI=1S/C11H5F6NO7S3/c1-26(20,21)7-5(9(19)10(12,13)14)2-3-6(27(22,23)4-18)8(7)28(24,25)11(15,16)17/h2-3H,1H3. The van der Waals surface area contributed by atoms with E-state index in [9.17, 15) is 56.4 Å². The molecule has 1 rings (SSSR count). The number of thiocyanates is 1. The minimum atomic E-state index is -6.94. The van der Waals surface area contributed by atoms with Gasteiger partial charge >= 0.3 is 11.7 Å². The summed E-state index contributed by atoms with van der Waals surface area (Å²) < 4.78 is 147. The van der Waals surface area contributed by atoms with Crippen LogP contribution in [0.4, 0.5) is 26.3 Å². The predicted octanol–water partition coefficient (Wildman–Crippen LogP) is 1.38. The summed E-state index contributed by atoms with van der Waals surface area (Å²) in [5.74, 6) is -3.05. The van der Waals surface area contributed by atoms with Gasteiger partial charge in [-0.1, -0.05) is 0 Å². The van der Waals surface area contributed by atoms with E-state index in [1.165, 1.54) is 0 Å². The molecule has 0 bridgehead atoms. The molecule has 28 heavy (non-hydrogen) atoms. The van der Waals surface area contributed by atoms with E-state index in [1.807, 2.05) is 0 Å². The third-order valence-electron chi connectivity index (χ3n) is 2.93. The molecule has 0 aliphatic rings. The molecule has 156 valence electrons. The first-order chi connectivity index (χ1) is 12.2. The van der Waals surface area contributed by atoms with Crippen LogP contribution in [0.25, 0.3) is 0 Å². The fourth-order valence-corrected chi connectivity index (χ4v) is 6.00. The van der Waals surface area contributed by atoms with Crippen molar-refractivity contribution in [2.75, 3.05) is 6.26 Å². The average Bonchev–Trinajstić information content (AvgIpc) is 2.49. The molecule has 0 unspecified atom stereocenters. The highest BCUT2D eigenvalue weighted by molar-refractivity contribution is 7.98. The average molecular weight is 473 g/mol. The van der Waals surface area contributed by atoms with Crippen molar-refractivity contribution in [1.82, 2.24) is 0 Å². The van der Waals surface area contributed by atoms with Gasteiger partial charge in [-0.3, -0.25) is 4.79 Å². The minimum absolute atomic E-state index is 0.0480. The van der Waals surface area contributed by atoms with Gasteiger partial charge in [0.1, 0.15) is 9.79 Å². The van der Waals surface area contributed by atoms with E-state index in [0.29, 0.717) is 5.40 Å². The van der Waals surface area contributed by atoms with Crippen LogP contribution in [0.15, 0.2) is 26.8 Å². The summed E-state index contributed by atoms with van der Waals surface area (Å²) in [5, 5.41) is 8.95. The van der Waals surface area contributed by atoms with Gasteiger partial charge in [0.25, 0.3) is 25.5 Å². The molecule has 0 aromatic heterocycles. The molecule has 8 nitrogen and oxygen atoms in total. The van der Waals surface area contributed by atoms with Crippen molar-refractivity contribution in [1.29, 1.82) is 5.26 Å². The van der Waals surface area contributed by atoms with Crippen LogP contribution < -0.4 is 0 Å². The largest absolute Gasteiger partial charge is 0.502 e. The molecule has 0 saturated carbocycles. The van der Waals surface area contributed by atoms with Crippen LogP contribution in [-0.4, -0.2) is 49.0 Å². The van der Waals surface area contributed by atoms with Gasteiger partial charge in [0.05, 0.1) is 4.90 Å². The molecule has 0 saturated heterocycles. The Kier molecular flexibility index (Phi) is 5.71. The van der Waals surface area contributed by atoms with Crippen LogP contribution in [0.2, 0.25) is 0 Å². The zero-order valence-corrected chi connectivity index (χ0v) is 15.4. The van der Waals surface area contributed by atoms with Crippen LogP contribution >= 0.6 is 0 Å². The predicted molar refractivity (Wildman–Crippen MR) is 76.0 cm³/mol. The minimum Gasteiger partial charge on any atom is -0.284 e. The molecule has 0 aliphatic heterocycles. The highest BCUT2D eigenvalue weighted by atomic mass is 32.2. The first kappa shape index (κ1) is 23.8. The first-order valence-corrected chi connectivity index (χ1v) is 11.0. The number of hydrogen-bond acceptors (Lipinski definition) is 8. The molecule has 1 aromatic carbocycles. The lowest BCUT2D eigenvalue weighted by Crippen LogP contribution is -2.30. The maximum absolute atomic E-state index is 13.0. The van der Waals surface area contributed by atoms with E-state index in [0.717, 1.165) is 0 Å². The second-order valence-corrected chi connectivity index (χ2v) is 10.4. The number of halogens is 6. The molecule has 17 heteroatoms. The van der Waals surface area contributed by atoms with Crippen LogP contribution in [0.5, 0.6) is 0 Å². The van der Waals surface area contributed by atoms with Gasteiger partial charge in [-0.15, -0.1) is 0 Å². The number of sulfone groups is 3. The Morgan fingerprint density at radius 3 is 1.71 bits per heavy atom. The molecule has 0 atom stereocenters. The monoisotopic (exact) mass is 473 g/mol. The number of carbonyl (C=O) groups excluding carboxylic acids is 1. The van der Waals surface area contributed by atoms with Crippen molar-refractivity contribution in [3.63, 3.8) is 0 Å². The Balaban J connectivity index is 4.48. The van der Waals surface area contributed by atoms with Gasteiger partial charge in [0.2, 0.25) is 0 Å². The van der Waals surface area contributed by atoms with Crippen molar-refractivity contribution in [2.24, 2.45) is 0 Å². The van der Waals surface area contributed by atoms with Crippen molar-refractivity contribution < 1.29 is 56.4 Å². The van der Waals surface area contributed by atoms with E-state index < -0.39 is 67.2 Å². The van der Waals surface area contributed by atoms with Gasteiger partial charge in [-0.05, 0) is 12.1 Å². The molecule has 0 radical (unpaired) electrons. The van der Waals surface area contributed by atoms with Gasteiger partial charge in [-0.2, -0.15) is 31.6 Å². The lowest BCUT2D eigenvalue weighted by atomic mass is 10.1. The van der Waals surface area contributed by atoms with E-state index in [1.54, 1.807) is 0 Å². The number of ketones is 1. The Bertz CT molecular complexity index is 1200. The maximum Gasteiger partial charge on any atom is 0.502 e. The van der Waals surface area contributed by atoms with Gasteiger partial charge in [0, 0.05) is 11.8 Å². The third kappa shape index (κ3) is 4.12. The van der Waals surface area contributed by atoms with Crippen molar-refractivity contribution in [2.45, 2.75) is 26.4 Å². The summed E-state index contributed by atoms with van der Waals surface area (Å²) >= 11 is 0. The number of nitrogens with zero attached hydrogens (tertiary/aromatic N) is 1. The number of Topliss-reactive ketones (excluding diaryl/α,β-unsaturated/α-hetero) is 1. The highest BCUT2D eigenvalue weighted by Gasteiger charge is 2.53.